The number of rotatable bonds is 5. The summed E-state index contributed by atoms with van der Waals surface area (Å²) in [6.45, 7) is 1.83. The van der Waals surface area contributed by atoms with Gasteiger partial charge in [0.1, 0.15) is 0 Å². The van der Waals surface area contributed by atoms with Crippen molar-refractivity contribution in [2.24, 2.45) is 0 Å². The van der Waals surface area contributed by atoms with Crippen LogP contribution in [0.5, 0.6) is 0 Å². The van der Waals surface area contributed by atoms with Gasteiger partial charge in [0.05, 0.1) is 13.1 Å². The third kappa shape index (κ3) is 5.20. The van der Waals surface area contributed by atoms with Gasteiger partial charge in [0, 0.05) is 25.0 Å². The zero-order valence-electron chi connectivity index (χ0n) is 10.7. The molecule has 108 valence electrons. The number of alkyl halides is 3. The topological polar surface area (TPSA) is 33.1 Å². The Labute approximate surface area is 110 Å². The number of nitrogens with zero attached hydrogens (tertiary/aromatic N) is 3. The average Bonchev–Trinajstić information content (AvgIpc) is 2.82. The fourth-order valence-corrected chi connectivity index (χ4v) is 2.36. The van der Waals surface area contributed by atoms with E-state index < -0.39 is 12.7 Å². The lowest BCUT2D eigenvalue weighted by atomic mass is 10.1. The molecule has 0 aromatic carbocycles. The number of hydrogen-bond acceptors (Lipinski definition) is 3. The van der Waals surface area contributed by atoms with Gasteiger partial charge in [-0.05, 0) is 32.0 Å². The Hall–Kier alpha value is -1.08. The molecule has 1 aromatic heterocycles. The van der Waals surface area contributed by atoms with E-state index in [1.807, 2.05) is 16.9 Å². The van der Waals surface area contributed by atoms with Crippen LogP contribution < -0.4 is 5.32 Å². The zero-order chi connectivity index (χ0) is 13.7. The van der Waals surface area contributed by atoms with E-state index in [2.05, 4.69) is 10.4 Å². The van der Waals surface area contributed by atoms with Crippen molar-refractivity contribution in [3.8, 4) is 0 Å². The Morgan fingerprint density at radius 3 is 2.58 bits per heavy atom. The van der Waals surface area contributed by atoms with Crippen molar-refractivity contribution in [3.05, 3.63) is 18.5 Å². The van der Waals surface area contributed by atoms with Crippen LogP contribution in [0.25, 0.3) is 0 Å². The molecule has 1 N–H and O–H groups in total. The molecular weight excluding hydrogens is 257 g/mol. The molecule has 1 aliphatic rings. The summed E-state index contributed by atoms with van der Waals surface area (Å²) in [5.41, 5.74) is 0. The van der Waals surface area contributed by atoms with Crippen LogP contribution in [0.2, 0.25) is 0 Å². The van der Waals surface area contributed by atoms with Crippen molar-refractivity contribution in [1.29, 1.82) is 0 Å². The van der Waals surface area contributed by atoms with E-state index >= 15 is 0 Å². The SMILES string of the molecule is FC(F)(F)CN1CCC(NCCn2cccn2)CC1. The van der Waals surface area contributed by atoms with Gasteiger partial charge >= 0.3 is 6.18 Å². The largest absolute Gasteiger partial charge is 0.401 e. The number of piperidine rings is 1. The van der Waals surface area contributed by atoms with Crippen LogP contribution in [0, 0.1) is 0 Å². The normalized spacial score (nSPS) is 18.9. The molecule has 4 nitrogen and oxygen atoms in total. The van der Waals surface area contributed by atoms with Crippen LogP contribution in [0.1, 0.15) is 12.8 Å². The lowest BCUT2D eigenvalue weighted by Gasteiger charge is -2.32. The molecule has 0 radical (unpaired) electrons. The highest BCUT2D eigenvalue weighted by atomic mass is 19.4. The summed E-state index contributed by atoms with van der Waals surface area (Å²) in [5.74, 6) is 0. The van der Waals surface area contributed by atoms with Gasteiger partial charge in [-0.2, -0.15) is 18.3 Å². The van der Waals surface area contributed by atoms with E-state index in [1.54, 1.807) is 6.20 Å². The van der Waals surface area contributed by atoms with E-state index in [1.165, 1.54) is 4.90 Å². The molecule has 19 heavy (non-hydrogen) atoms. The standard InChI is InChI=1S/C12H19F3N4/c13-12(14,15)10-18-7-2-11(3-8-18)16-5-9-19-6-1-4-17-19/h1,4,6,11,16H,2-3,5,7-10H2. The van der Waals surface area contributed by atoms with E-state index in [4.69, 9.17) is 0 Å². The molecular formula is C12H19F3N4. The zero-order valence-corrected chi connectivity index (χ0v) is 10.7. The highest BCUT2D eigenvalue weighted by Crippen LogP contribution is 2.19. The third-order valence-electron chi connectivity index (χ3n) is 3.32. The second kappa shape index (κ2) is 6.38. The van der Waals surface area contributed by atoms with Gasteiger partial charge in [0.25, 0.3) is 0 Å². The predicted molar refractivity (Wildman–Crippen MR) is 65.7 cm³/mol. The lowest BCUT2D eigenvalue weighted by Crippen LogP contribution is -2.46. The fourth-order valence-electron chi connectivity index (χ4n) is 2.36. The smallest absolute Gasteiger partial charge is 0.312 e. The Balaban J connectivity index is 1.61. The van der Waals surface area contributed by atoms with E-state index in [0.717, 1.165) is 25.9 Å². The van der Waals surface area contributed by atoms with Gasteiger partial charge in [-0.15, -0.1) is 0 Å². The van der Waals surface area contributed by atoms with Crippen LogP contribution in [0.3, 0.4) is 0 Å². The quantitative estimate of drug-likeness (QED) is 0.884. The van der Waals surface area contributed by atoms with Crippen molar-refractivity contribution < 1.29 is 13.2 Å². The molecule has 1 fully saturated rings. The number of hydrogen-bond donors (Lipinski definition) is 1. The van der Waals surface area contributed by atoms with Crippen LogP contribution in [-0.4, -0.2) is 53.1 Å². The maximum Gasteiger partial charge on any atom is 0.401 e. The summed E-state index contributed by atoms with van der Waals surface area (Å²) in [4.78, 5) is 1.48. The first kappa shape index (κ1) is 14.3. The molecule has 1 saturated heterocycles. The Bertz CT molecular complexity index is 356. The lowest BCUT2D eigenvalue weighted by molar-refractivity contribution is -0.148. The Kier molecular flexibility index (Phi) is 4.81. The monoisotopic (exact) mass is 276 g/mol. The number of nitrogens with one attached hydrogen (secondary N) is 1. The average molecular weight is 276 g/mol. The van der Waals surface area contributed by atoms with Crippen molar-refractivity contribution in [2.75, 3.05) is 26.2 Å². The molecule has 0 spiro atoms. The highest BCUT2D eigenvalue weighted by Gasteiger charge is 2.32. The van der Waals surface area contributed by atoms with Gasteiger partial charge in [-0.3, -0.25) is 9.58 Å². The first-order chi connectivity index (χ1) is 9.03. The minimum Gasteiger partial charge on any atom is -0.312 e. The summed E-state index contributed by atoms with van der Waals surface area (Å²) in [7, 11) is 0. The van der Waals surface area contributed by atoms with Gasteiger partial charge in [-0.1, -0.05) is 0 Å². The molecule has 1 aliphatic heterocycles. The first-order valence-electron chi connectivity index (χ1n) is 6.53. The van der Waals surface area contributed by atoms with E-state index in [-0.39, 0.29) is 0 Å². The number of likely N-dealkylation sites (tertiary alicyclic amines) is 1. The van der Waals surface area contributed by atoms with E-state index in [0.29, 0.717) is 19.1 Å². The van der Waals surface area contributed by atoms with Crippen LogP contribution in [-0.2, 0) is 6.54 Å². The van der Waals surface area contributed by atoms with Crippen LogP contribution >= 0.6 is 0 Å². The second-order valence-corrected chi connectivity index (χ2v) is 4.89. The van der Waals surface area contributed by atoms with Gasteiger partial charge in [0.15, 0.2) is 0 Å². The summed E-state index contributed by atoms with van der Waals surface area (Å²) in [6, 6.07) is 2.19. The minimum atomic E-state index is -4.08. The van der Waals surface area contributed by atoms with Gasteiger partial charge in [0.2, 0.25) is 0 Å². The third-order valence-corrected chi connectivity index (χ3v) is 3.32. The predicted octanol–water partition coefficient (Wildman–Crippen LogP) is 1.50. The molecule has 1 aromatic rings. The summed E-state index contributed by atoms with van der Waals surface area (Å²) in [5, 5.41) is 7.47. The molecule has 2 heterocycles. The fraction of sp³-hybridized carbons (Fsp3) is 0.750. The Morgan fingerprint density at radius 1 is 1.26 bits per heavy atom. The number of aromatic nitrogens is 2. The minimum absolute atomic E-state index is 0.319. The van der Waals surface area contributed by atoms with Gasteiger partial charge in [-0.25, -0.2) is 0 Å². The second-order valence-electron chi connectivity index (χ2n) is 4.89. The molecule has 0 saturated carbocycles. The van der Waals surface area contributed by atoms with Crippen LogP contribution in [0.15, 0.2) is 18.5 Å². The maximum atomic E-state index is 12.2. The van der Waals surface area contributed by atoms with Crippen molar-refractivity contribution in [3.63, 3.8) is 0 Å². The molecule has 0 bridgehead atoms. The molecule has 0 aliphatic carbocycles. The molecule has 2 rings (SSSR count). The summed E-state index contributed by atoms with van der Waals surface area (Å²) >= 11 is 0. The molecule has 0 amide bonds. The van der Waals surface area contributed by atoms with E-state index in [9.17, 15) is 13.2 Å². The van der Waals surface area contributed by atoms with Crippen LogP contribution in [0.4, 0.5) is 13.2 Å². The first-order valence-corrected chi connectivity index (χ1v) is 6.53. The summed E-state index contributed by atoms with van der Waals surface area (Å²) < 4.78 is 38.5. The van der Waals surface area contributed by atoms with Gasteiger partial charge < -0.3 is 5.32 Å². The molecule has 7 heteroatoms. The summed E-state index contributed by atoms with van der Waals surface area (Å²) in [6.07, 6.45) is 1.09. The number of halogens is 3. The molecule has 0 unspecified atom stereocenters. The Morgan fingerprint density at radius 2 is 2.00 bits per heavy atom. The molecule has 0 atom stereocenters. The van der Waals surface area contributed by atoms with Crippen molar-refractivity contribution >= 4 is 0 Å². The van der Waals surface area contributed by atoms with Crippen molar-refractivity contribution in [1.82, 2.24) is 20.0 Å². The highest BCUT2D eigenvalue weighted by molar-refractivity contribution is 4.80. The van der Waals surface area contributed by atoms with Crippen molar-refractivity contribution in [2.45, 2.75) is 31.6 Å². The maximum absolute atomic E-state index is 12.2.